The normalized spacial score (nSPS) is 18.9. The maximum atomic E-state index is 13.4. The molecule has 246 valence electrons. The number of aryl methyl sites for hydroxylation is 2. The van der Waals surface area contributed by atoms with Crippen molar-refractivity contribution in [3.8, 4) is 11.4 Å². The molecule has 3 N–H and O–H groups in total. The van der Waals surface area contributed by atoms with Crippen LogP contribution in [0.5, 0.6) is 5.75 Å². The number of carbonyl (C=O) groups is 2. The third-order valence-corrected chi connectivity index (χ3v) is 9.45. The van der Waals surface area contributed by atoms with Gasteiger partial charge in [-0.1, -0.05) is 50.6 Å². The molecule has 2 fully saturated rings. The van der Waals surface area contributed by atoms with E-state index in [1.165, 1.54) is 5.56 Å². The standard InChI is InChI=1S/C38H46N6O3/c1-24-10-12-29(13-11-24)44-35(23-34(42-44)38(3,4)5)41-36(45)39-28-9-7-8-26(20-28)19-27-21-30-14-15-31(22-27)43(30)37(46)40-33-17-16-32(47-6)18-25(33)2/h7-13,16-18,20,23,27,30-31H,14-15,19,21-22H2,1-6H3,(H,40,46)(H2,39,41,45). The highest BCUT2D eigenvalue weighted by Crippen LogP contribution is 2.40. The molecule has 9 heteroatoms. The van der Waals surface area contributed by atoms with Crippen LogP contribution in [-0.2, 0) is 11.8 Å². The van der Waals surface area contributed by atoms with Crippen molar-refractivity contribution in [2.75, 3.05) is 23.1 Å². The number of urea groups is 2. The first kappa shape index (κ1) is 32.2. The lowest BCUT2D eigenvalue weighted by molar-refractivity contribution is 0.131. The Bertz CT molecular complexity index is 1740. The van der Waals surface area contributed by atoms with Gasteiger partial charge in [-0.25, -0.2) is 14.3 Å². The van der Waals surface area contributed by atoms with Crippen LogP contribution in [0.3, 0.4) is 0 Å². The van der Waals surface area contributed by atoms with Crippen LogP contribution in [0.15, 0.2) is 72.8 Å². The molecule has 0 aliphatic carbocycles. The van der Waals surface area contributed by atoms with E-state index in [2.05, 4.69) is 53.8 Å². The molecule has 2 bridgehead atoms. The molecule has 9 nitrogen and oxygen atoms in total. The van der Waals surface area contributed by atoms with Crippen LogP contribution in [0.1, 0.15) is 68.8 Å². The molecule has 0 radical (unpaired) electrons. The Hall–Kier alpha value is -4.79. The molecule has 2 atom stereocenters. The molecule has 2 aliphatic rings. The molecule has 2 unspecified atom stereocenters. The number of benzene rings is 3. The van der Waals surface area contributed by atoms with Crippen LogP contribution < -0.4 is 20.7 Å². The van der Waals surface area contributed by atoms with Gasteiger partial charge in [0.1, 0.15) is 11.6 Å². The van der Waals surface area contributed by atoms with E-state index in [9.17, 15) is 9.59 Å². The second-order valence-electron chi connectivity index (χ2n) is 14.1. The smallest absolute Gasteiger partial charge is 0.324 e. The van der Waals surface area contributed by atoms with Crippen LogP contribution in [-0.4, -0.2) is 45.9 Å². The molecule has 2 saturated heterocycles. The number of rotatable bonds is 7. The minimum atomic E-state index is -0.319. The zero-order chi connectivity index (χ0) is 33.3. The summed E-state index contributed by atoms with van der Waals surface area (Å²) < 4.78 is 7.10. The van der Waals surface area contributed by atoms with Crippen molar-refractivity contribution in [2.24, 2.45) is 5.92 Å². The van der Waals surface area contributed by atoms with E-state index in [1.807, 2.05) is 74.5 Å². The molecular formula is C38H46N6O3. The molecule has 6 rings (SSSR count). The first-order chi connectivity index (χ1) is 22.5. The number of hydrogen-bond acceptors (Lipinski definition) is 4. The number of hydrogen-bond donors (Lipinski definition) is 3. The van der Waals surface area contributed by atoms with Crippen LogP contribution in [0.4, 0.5) is 26.8 Å². The van der Waals surface area contributed by atoms with Crippen molar-refractivity contribution in [2.45, 2.75) is 84.2 Å². The number of anilines is 3. The highest BCUT2D eigenvalue weighted by Gasteiger charge is 2.43. The van der Waals surface area contributed by atoms with Gasteiger partial charge in [-0.15, -0.1) is 0 Å². The van der Waals surface area contributed by atoms with Crippen LogP contribution in [0, 0.1) is 19.8 Å². The van der Waals surface area contributed by atoms with E-state index in [1.54, 1.807) is 11.8 Å². The van der Waals surface area contributed by atoms with E-state index >= 15 is 0 Å². The number of nitrogens with one attached hydrogen (secondary N) is 3. The highest BCUT2D eigenvalue weighted by atomic mass is 16.5. The minimum Gasteiger partial charge on any atom is -0.497 e. The Morgan fingerprint density at radius 2 is 1.62 bits per heavy atom. The van der Waals surface area contributed by atoms with Gasteiger partial charge in [-0.05, 0) is 105 Å². The lowest BCUT2D eigenvalue weighted by Gasteiger charge is -2.39. The first-order valence-electron chi connectivity index (χ1n) is 16.6. The van der Waals surface area contributed by atoms with Crippen LogP contribution in [0.25, 0.3) is 5.69 Å². The Morgan fingerprint density at radius 1 is 0.894 bits per heavy atom. The van der Waals surface area contributed by atoms with Gasteiger partial charge in [0.25, 0.3) is 0 Å². The predicted octanol–water partition coefficient (Wildman–Crippen LogP) is 8.46. The van der Waals surface area contributed by atoms with Crippen LogP contribution >= 0.6 is 0 Å². The largest absolute Gasteiger partial charge is 0.497 e. The summed E-state index contributed by atoms with van der Waals surface area (Å²) in [6.07, 6.45) is 4.93. The molecule has 3 aromatic carbocycles. The Balaban J connectivity index is 1.08. The van der Waals surface area contributed by atoms with Gasteiger partial charge < -0.3 is 20.3 Å². The van der Waals surface area contributed by atoms with Gasteiger partial charge in [0, 0.05) is 34.9 Å². The molecule has 47 heavy (non-hydrogen) atoms. The van der Waals surface area contributed by atoms with Gasteiger partial charge in [0.05, 0.1) is 18.5 Å². The fourth-order valence-electron chi connectivity index (χ4n) is 6.98. The molecule has 2 aliphatic heterocycles. The van der Waals surface area contributed by atoms with Gasteiger partial charge in [0.15, 0.2) is 0 Å². The summed E-state index contributed by atoms with van der Waals surface area (Å²) in [5.41, 5.74) is 6.49. The average molecular weight is 635 g/mol. The Morgan fingerprint density at radius 3 is 2.28 bits per heavy atom. The maximum absolute atomic E-state index is 13.4. The monoisotopic (exact) mass is 634 g/mol. The molecule has 3 heterocycles. The predicted molar refractivity (Wildman–Crippen MR) is 188 cm³/mol. The number of aromatic nitrogens is 2. The molecular weight excluding hydrogens is 588 g/mol. The second-order valence-corrected chi connectivity index (χ2v) is 14.1. The third-order valence-electron chi connectivity index (χ3n) is 9.45. The van der Waals surface area contributed by atoms with Crippen molar-refractivity contribution in [3.05, 3.63) is 95.2 Å². The van der Waals surface area contributed by atoms with Crippen molar-refractivity contribution in [3.63, 3.8) is 0 Å². The summed E-state index contributed by atoms with van der Waals surface area (Å²) in [6, 6.07) is 24.0. The number of ether oxygens (including phenoxy) is 1. The number of methoxy groups -OCH3 is 1. The molecule has 0 saturated carbocycles. The SMILES string of the molecule is COc1ccc(NC(=O)N2C3CCC2CC(Cc2cccc(NC(=O)Nc4cc(C(C)(C)C)nn4-c4ccc(C)cc4)c2)C3)c(C)c1. The zero-order valence-corrected chi connectivity index (χ0v) is 28.3. The summed E-state index contributed by atoms with van der Waals surface area (Å²) in [5.74, 6) is 1.87. The lowest BCUT2D eigenvalue weighted by Crippen LogP contribution is -2.48. The number of nitrogens with zero attached hydrogens (tertiary/aromatic N) is 3. The van der Waals surface area contributed by atoms with Crippen molar-refractivity contribution >= 4 is 29.3 Å². The van der Waals surface area contributed by atoms with E-state index in [0.29, 0.717) is 11.7 Å². The van der Waals surface area contributed by atoms with E-state index in [4.69, 9.17) is 9.84 Å². The van der Waals surface area contributed by atoms with E-state index < -0.39 is 0 Å². The zero-order valence-electron chi connectivity index (χ0n) is 28.3. The highest BCUT2D eigenvalue weighted by molar-refractivity contribution is 5.99. The molecule has 1 aromatic heterocycles. The fraction of sp³-hybridized carbons (Fsp3) is 0.395. The van der Waals surface area contributed by atoms with Gasteiger partial charge in [0.2, 0.25) is 0 Å². The number of fused-ring (bicyclic) bond motifs is 2. The molecule has 4 aromatic rings. The topological polar surface area (TPSA) is 101 Å². The fourth-order valence-corrected chi connectivity index (χ4v) is 6.98. The molecule has 4 amide bonds. The first-order valence-corrected chi connectivity index (χ1v) is 16.6. The van der Waals surface area contributed by atoms with Crippen molar-refractivity contribution in [1.29, 1.82) is 0 Å². The van der Waals surface area contributed by atoms with E-state index in [-0.39, 0.29) is 29.6 Å². The average Bonchev–Trinajstić information content (AvgIpc) is 3.57. The summed E-state index contributed by atoms with van der Waals surface area (Å²) in [5, 5.41) is 14.0. The van der Waals surface area contributed by atoms with Crippen molar-refractivity contribution in [1.82, 2.24) is 14.7 Å². The lowest BCUT2D eigenvalue weighted by atomic mass is 9.86. The Labute approximate surface area is 277 Å². The second kappa shape index (κ2) is 13.1. The van der Waals surface area contributed by atoms with Crippen LogP contribution in [0.2, 0.25) is 0 Å². The maximum Gasteiger partial charge on any atom is 0.324 e. The number of piperidine rings is 1. The van der Waals surface area contributed by atoms with Gasteiger partial charge in [-0.2, -0.15) is 5.10 Å². The molecule has 0 spiro atoms. The number of carbonyl (C=O) groups excluding carboxylic acids is 2. The van der Waals surface area contributed by atoms with Crippen molar-refractivity contribution < 1.29 is 14.3 Å². The minimum absolute atomic E-state index is 0.0141. The Kier molecular flexibility index (Phi) is 8.99. The van der Waals surface area contributed by atoms with Gasteiger partial charge in [-0.3, -0.25) is 5.32 Å². The van der Waals surface area contributed by atoms with E-state index in [0.717, 1.165) is 71.7 Å². The third kappa shape index (κ3) is 7.29. The quantitative estimate of drug-likeness (QED) is 0.190. The summed E-state index contributed by atoms with van der Waals surface area (Å²) in [4.78, 5) is 28.7. The number of amides is 4. The summed E-state index contributed by atoms with van der Waals surface area (Å²) in [6.45, 7) is 10.4. The summed E-state index contributed by atoms with van der Waals surface area (Å²) in [7, 11) is 1.64. The van der Waals surface area contributed by atoms with Gasteiger partial charge >= 0.3 is 12.1 Å². The summed E-state index contributed by atoms with van der Waals surface area (Å²) >= 11 is 0.